The van der Waals surface area contributed by atoms with Gasteiger partial charge in [0.2, 0.25) is 5.91 Å². The number of hydrogen-bond acceptors (Lipinski definition) is 4. The van der Waals surface area contributed by atoms with Crippen LogP contribution in [0.3, 0.4) is 0 Å². The van der Waals surface area contributed by atoms with Crippen LogP contribution in [0, 0.1) is 0 Å². The molecule has 1 aliphatic heterocycles. The predicted molar refractivity (Wildman–Crippen MR) is 79.2 cm³/mol. The molecule has 0 spiro atoms. The van der Waals surface area contributed by atoms with E-state index in [1.54, 1.807) is 36.4 Å². The monoisotopic (exact) mass is 284 g/mol. The van der Waals surface area contributed by atoms with Gasteiger partial charge >= 0.3 is 0 Å². The second kappa shape index (κ2) is 5.36. The average Bonchev–Trinajstić information content (AvgIpc) is 2.88. The van der Waals surface area contributed by atoms with E-state index >= 15 is 0 Å². The average molecular weight is 284 g/mol. The van der Waals surface area contributed by atoms with Gasteiger partial charge < -0.3 is 20.8 Å². The molecule has 0 aliphatic carbocycles. The summed E-state index contributed by atoms with van der Waals surface area (Å²) in [4.78, 5) is 12.2. The number of hydrogen-bond donors (Lipinski definition) is 4. The minimum atomic E-state index is -0.334. The van der Waals surface area contributed by atoms with Crippen LogP contribution in [0.5, 0.6) is 11.5 Å². The smallest absolute Gasteiger partial charge is 0.243 e. The zero-order valence-electron chi connectivity index (χ0n) is 11.3. The standard InChI is InChI=1S/C16H16N2O3/c19-12-3-1-2-10(6-12)9-17-16(21)15-8-11-7-13(20)4-5-14(11)18-15/h1-7,15,18-20H,8-9H2,(H,17,21). The zero-order valence-corrected chi connectivity index (χ0v) is 11.3. The van der Waals surface area contributed by atoms with Crippen molar-refractivity contribution in [1.82, 2.24) is 5.32 Å². The molecular formula is C16H16N2O3. The molecule has 0 bridgehead atoms. The van der Waals surface area contributed by atoms with Crippen molar-refractivity contribution in [3.05, 3.63) is 53.6 Å². The second-order valence-corrected chi connectivity index (χ2v) is 5.13. The van der Waals surface area contributed by atoms with Crippen LogP contribution < -0.4 is 10.6 Å². The van der Waals surface area contributed by atoms with Crippen LogP contribution in [-0.2, 0) is 17.8 Å². The molecule has 108 valence electrons. The quantitative estimate of drug-likeness (QED) is 0.647. The van der Waals surface area contributed by atoms with Gasteiger partial charge in [-0.25, -0.2) is 0 Å². The van der Waals surface area contributed by atoms with Crippen molar-refractivity contribution >= 4 is 11.6 Å². The molecule has 21 heavy (non-hydrogen) atoms. The highest BCUT2D eigenvalue weighted by molar-refractivity contribution is 5.87. The highest BCUT2D eigenvalue weighted by Gasteiger charge is 2.26. The summed E-state index contributed by atoms with van der Waals surface area (Å²) in [6.45, 7) is 0.368. The van der Waals surface area contributed by atoms with Crippen LogP contribution >= 0.6 is 0 Å². The Balaban J connectivity index is 1.60. The van der Waals surface area contributed by atoms with Crippen molar-refractivity contribution < 1.29 is 15.0 Å². The van der Waals surface area contributed by atoms with Crippen LogP contribution in [-0.4, -0.2) is 22.2 Å². The van der Waals surface area contributed by atoms with E-state index in [0.717, 1.165) is 16.8 Å². The molecule has 0 saturated carbocycles. The Bertz CT molecular complexity index is 685. The second-order valence-electron chi connectivity index (χ2n) is 5.13. The van der Waals surface area contributed by atoms with Crippen LogP contribution in [0.2, 0.25) is 0 Å². The van der Waals surface area contributed by atoms with Gasteiger partial charge in [-0.2, -0.15) is 0 Å². The van der Waals surface area contributed by atoms with Crippen LogP contribution in [0.25, 0.3) is 0 Å². The molecule has 2 aromatic rings. The molecule has 5 nitrogen and oxygen atoms in total. The molecule has 0 aromatic heterocycles. The molecule has 4 N–H and O–H groups in total. The maximum atomic E-state index is 12.2. The van der Waals surface area contributed by atoms with Gasteiger partial charge in [0.05, 0.1) is 0 Å². The lowest BCUT2D eigenvalue weighted by Crippen LogP contribution is -2.38. The lowest BCUT2D eigenvalue weighted by Gasteiger charge is -2.12. The first-order chi connectivity index (χ1) is 10.1. The third-order valence-electron chi connectivity index (χ3n) is 3.54. The molecule has 0 radical (unpaired) electrons. The summed E-state index contributed by atoms with van der Waals surface area (Å²) < 4.78 is 0. The third kappa shape index (κ3) is 2.91. The summed E-state index contributed by atoms with van der Waals surface area (Å²) >= 11 is 0. The van der Waals surface area contributed by atoms with E-state index in [2.05, 4.69) is 10.6 Å². The summed E-state index contributed by atoms with van der Waals surface area (Å²) in [6, 6.07) is 11.5. The molecule has 0 fully saturated rings. The van der Waals surface area contributed by atoms with Gasteiger partial charge in [0.25, 0.3) is 0 Å². The van der Waals surface area contributed by atoms with Gasteiger partial charge in [-0.3, -0.25) is 4.79 Å². The van der Waals surface area contributed by atoms with Crippen molar-refractivity contribution in [3.8, 4) is 11.5 Å². The van der Waals surface area contributed by atoms with E-state index in [1.165, 1.54) is 0 Å². The van der Waals surface area contributed by atoms with E-state index in [4.69, 9.17) is 0 Å². The van der Waals surface area contributed by atoms with Crippen molar-refractivity contribution in [1.29, 1.82) is 0 Å². The number of phenols is 2. The Morgan fingerprint density at radius 2 is 2.00 bits per heavy atom. The Hall–Kier alpha value is -2.69. The number of nitrogens with one attached hydrogen (secondary N) is 2. The van der Waals surface area contributed by atoms with Crippen LogP contribution in [0.15, 0.2) is 42.5 Å². The van der Waals surface area contributed by atoms with Crippen LogP contribution in [0.1, 0.15) is 11.1 Å². The third-order valence-corrected chi connectivity index (χ3v) is 3.54. The number of rotatable bonds is 3. The molecule has 0 saturated heterocycles. The number of benzene rings is 2. The van der Waals surface area contributed by atoms with Crippen molar-refractivity contribution in [3.63, 3.8) is 0 Å². The Morgan fingerprint density at radius 3 is 2.81 bits per heavy atom. The van der Waals surface area contributed by atoms with E-state index in [9.17, 15) is 15.0 Å². The fourth-order valence-corrected chi connectivity index (χ4v) is 2.49. The number of phenolic OH excluding ortho intramolecular Hbond substituents is 2. The van der Waals surface area contributed by atoms with Crippen molar-refractivity contribution in [2.45, 2.75) is 19.0 Å². The lowest BCUT2D eigenvalue weighted by atomic mass is 10.1. The lowest BCUT2D eigenvalue weighted by molar-refractivity contribution is -0.121. The molecule has 5 heteroatoms. The van der Waals surface area contributed by atoms with Crippen LogP contribution in [0.4, 0.5) is 5.69 Å². The first-order valence-corrected chi connectivity index (χ1v) is 6.76. The summed E-state index contributed by atoms with van der Waals surface area (Å²) in [5.41, 5.74) is 2.66. The molecule has 3 rings (SSSR count). The summed E-state index contributed by atoms with van der Waals surface area (Å²) in [5, 5.41) is 24.8. The number of aromatic hydroxyl groups is 2. The molecule has 1 heterocycles. The van der Waals surface area contributed by atoms with Gasteiger partial charge in [-0.1, -0.05) is 12.1 Å². The van der Waals surface area contributed by atoms with Gasteiger partial charge in [0.1, 0.15) is 17.5 Å². The number of amides is 1. The van der Waals surface area contributed by atoms with Crippen molar-refractivity contribution in [2.75, 3.05) is 5.32 Å². The molecule has 1 aliphatic rings. The van der Waals surface area contributed by atoms with Crippen molar-refractivity contribution in [2.24, 2.45) is 0 Å². The summed E-state index contributed by atoms with van der Waals surface area (Å²) in [6.07, 6.45) is 0.551. The summed E-state index contributed by atoms with van der Waals surface area (Å²) in [5.74, 6) is 0.286. The summed E-state index contributed by atoms with van der Waals surface area (Å²) in [7, 11) is 0. The maximum Gasteiger partial charge on any atom is 0.243 e. The number of fused-ring (bicyclic) bond motifs is 1. The fourth-order valence-electron chi connectivity index (χ4n) is 2.49. The Morgan fingerprint density at radius 1 is 1.19 bits per heavy atom. The normalized spacial score (nSPS) is 16.1. The minimum Gasteiger partial charge on any atom is -0.508 e. The number of anilines is 1. The predicted octanol–water partition coefficient (Wildman–Crippen LogP) is 1.75. The first-order valence-electron chi connectivity index (χ1n) is 6.76. The maximum absolute atomic E-state index is 12.2. The first kappa shape index (κ1) is 13.3. The molecule has 1 unspecified atom stereocenters. The molecule has 1 amide bonds. The van der Waals surface area contributed by atoms with E-state index in [0.29, 0.717) is 13.0 Å². The zero-order chi connectivity index (χ0) is 14.8. The van der Waals surface area contributed by atoms with Gasteiger partial charge in [-0.05, 0) is 41.5 Å². The highest BCUT2D eigenvalue weighted by atomic mass is 16.3. The van der Waals surface area contributed by atoms with E-state index < -0.39 is 0 Å². The number of carbonyl (C=O) groups is 1. The highest BCUT2D eigenvalue weighted by Crippen LogP contribution is 2.29. The van der Waals surface area contributed by atoms with Gasteiger partial charge in [0, 0.05) is 18.7 Å². The van der Waals surface area contributed by atoms with Gasteiger partial charge in [0.15, 0.2) is 0 Å². The van der Waals surface area contributed by atoms with E-state index in [-0.39, 0.29) is 23.4 Å². The molecular weight excluding hydrogens is 268 g/mol. The topological polar surface area (TPSA) is 81.6 Å². The molecule has 1 atom stereocenters. The molecule has 2 aromatic carbocycles. The minimum absolute atomic E-state index is 0.103. The van der Waals surface area contributed by atoms with Gasteiger partial charge in [-0.15, -0.1) is 0 Å². The SMILES string of the molecule is O=C(NCc1cccc(O)c1)C1Cc2cc(O)ccc2N1. The number of carbonyl (C=O) groups excluding carboxylic acids is 1. The fraction of sp³-hybridized carbons (Fsp3) is 0.188. The largest absolute Gasteiger partial charge is 0.508 e. The Labute approximate surface area is 122 Å². The Kier molecular flexibility index (Phi) is 3.39. The van der Waals surface area contributed by atoms with E-state index in [1.807, 2.05) is 6.07 Å².